The van der Waals surface area contributed by atoms with Crippen LogP contribution in [0.5, 0.6) is 5.75 Å². The molecule has 1 aliphatic heterocycles. The molecule has 1 aromatic carbocycles. The molecule has 0 aromatic heterocycles. The number of carbonyl (C=O) groups is 5. The zero-order chi connectivity index (χ0) is 18.7. The number of hydrogen-bond acceptors (Lipinski definition) is 6. The fourth-order valence-electron chi connectivity index (χ4n) is 2.07. The van der Waals surface area contributed by atoms with E-state index in [-0.39, 0.29) is 11.4 Å². The Hall–Kier alpha value is -3.63. The Labute approximate surface area is 141 Å². The van der Waals surface area contributed by atoms with Crippen molar-refractivity contribution >= 4 is 35.5 Å². The topological polar surface area (TPSA) is 148 Å². The van der Waals surface area contributed by atoms with Gasteiger partial charge in [-0.2, -0.15) is 0 Å². The number of benzene rings is 1. The van der Waals surface area contributed by atoms with Crippen LogP contribution in [0.1, 0.15) is 0 Å². The lowest BCUT2D eigenvalue weighted by atomic mass is 10.0. The van der Waals surface area contributed by atoms with Crippen LogP contribution in [-0.2, 0) is 14.4 Å². The molecule has 25 heavy (non-hydrogen) atoms. The van der Waals surface area contributed by atoms with Gasteiger partial charge in [-0.25, -0.2) is 15.0 Å². The highest BCUT2D eigenvalue weighted by Crippen LogP contribution is 2.16. The molecule has 0 bridgehead atoms. The average Bonchev–Trinajstić information content (AvgIpc) is 2.56. The maximum atomic E-state index is 12.0. The van der Waals surface area contributed by atoms with E-state index in [4.69, 9.17) is 0 Å². The first-order valence-electron chi connectivity index (χ1n) is 6.97. The predicted molar refractivity (Wildman–Crippen MR) is 82.8 cm³/mol. The summed E-state index contributed by atoms with van der Waals surface area (Å²) in [5.41, 5.74) is 4.16. The third-order valence-electron chi connectivity index (χ3n) is 3.39. The van der Waals surface area contributed by atoms with Crippen molar-refractivity contribution in [2.75, 3.05) is 19.4 Å². The van der Waals surface area contributed by atoms with Crippen molar-refractivity contribution in [1.82, 2.24) is 20.7 Å². The van der Waals surface area contributed by atoms with E-state index in [1.54, 1.807) is 0 Å². The van der Waals surface area contributed by atoms with Gasteiger partial charge in [0.15, 0.2) is 5.92 Å². The van der Waals surface area contributed by atoms with Gasteiger partial charge in [0.05, 0.1) is 0 Å². The third kappa shape index (κ3) is 3.65. The molecular formula is C14H15N5O6. The molecule has 0 unspecified atom stereocenters. The monoisotopic (exact) mass is 349 g/mol. The number of hydrazine groups is 1. The zero-order valence-electron chi connectivity index (χ0n) is 13.3. The van der Waals surface area contributed by atoms with Crippen molar-refractivity contribution in [3.8, 4) is 5.75 Å². The Morgan fingerprint density at radius 3 is 2.20 bits per heavy atom. The first-order chi connectivity index (χ1) is 11.7. The summed E-state index contributed by atoms with van der Waals surface area (Å²) in [7, 11) is 2.27. The molecule has 1 heterocycles. The Morgan fingerprint density at radius 1 is 1.04 bits per heavy atom. The molecule has 132 valence electrons. The highest BCUT2D eigenvalue weighted by molar-refractivity contribution is 6.25. The van der Waals surface area contributed by atoms with E-state index < -0.39 is 35.7 Å². The van der Waals surface area contributed by atoms with Crippen molar-refractivity contribution < 1.29 is 29.1 Å². The van der Waals surface area contributed by atoms with Crippen LogP contribution in [0.15, 0.2) is 24.3 Å². The molecule has 1 aliphatic rings. The van der Waals surface area contributed by atoms with Gasteiger partial charge in [-0.05, 0) is 12.1 Å². The number of nitrogens with zero attached hydrogens (tertiary/aromatic N) is 2. The molecule has 1 aromatic rings. The van der Waals surface area contributed by atoms with Crippen LogP contribution in [0.25, 0.3) is 0 Å². The van der Waals surface area contributed by atoms with E-state index in [2.05, 4.69) is 5.32 Å². The Kier molecular flexibility index (Phi) is 4.86. The number of amides is 7. The van der Waals surface area contributed by atoms with E-state index in [1.807, 2.05) is 10.9 Å². The van der Waals surface area contributed by atoms with Crippen molar-refractivity contribution in [2.24, 2.45) is 5.92 Å². The minimum absolute atomic E-state index is 0.0732. The van der Waals surface area contributed by atoms with Gasteiger partial charge in [0.1, 0.15) is 5.75 Å². The smallest absolute Gasteiger partial charge is 0.337 e. The fourth-order valence-corrected chi connectivity index (χ4v) is 2.07. The molecule has 11 heteroatoms. The summed E-state index contributed by atoms with van der Waals surface area (Å²) in [6.07, 6.45) is 0. The summed E-state index contributed by atoms with van der Waals surface area (Å²) in [5.74, 6) is -4.95. The van der Waals surface area contributed by atoms with Gasteiger partial charge in [-0.1, -0.05) is 6.07 Å². The van der Waals surface area contributed by atoms with Crippen LogP contribution >= 0.6 is 0 Å². The van der Waals surface area contributed by atoms with E-state index in [0.29, 0.717) is 9.80 Å². The van der Waals surface area contributed by atoms with Crippen LogP contribution in [0.3, 0.4) is 0 Å². The van der Waals surface area contributed by atoms with E-state index in [0.717, 1.165) is 14.1 Å². The summed E-state index contributed by atoms with van der Waals surface area (Å²) >= 11 is 0. The molecule has 0 spiro atoms. The standard InChI is InChI=1S/C14H15N5O6/c1-18-11(22)9(12(23)19(2)14(18)25)10(21)16-17-13(24)15-7-4-3-5-8(20)6-7/h3-6,9,20H,1-2H3,(H,16,21)(H2,15,17,24). The summed E-state index contributed by atoms with van der Waals surface area (Å²) in [6.45, 7) is 0. The number of hydrogen-bond donors (Lipinski definition) is 4. The van der Waals surface area contributed by atoms with Crippen molar-refractivity contribution in [2.45, 2.75) is 0 Å². The number of phenols is 1. The molecule has 0 atom stereocenters. The Bertz CT molecular complexity index is 740. The first kappa shape index (κ1) is 17.7. The van der Waals surface area contributed by atoms with Gasteiger partial charge < -0.3 is 10.4 Å². The molecule has 4 N–H and O–H groups in total. The quantitative estimate of drug-likeness (QED) is 0.406. The normalized spacial score (nSPS) is 15.2. The van der Waals surface area contributed by atoms with Gasteiger partial charge in [-0.3, -0.25) is 29.6 Å². The van der Waals surface area contributed by atoms with Crippen LogP contribution in [0, 0.1) is 5.92 Å². The fraction of sp³-hybridized carbons (Fsp3) is 0.214. The number of phenolic OH excluding ortho intramolecular Hbond substituents is 1. The van der Waals surface area contributed by atoms with Gasteiger partial charge in [0.2, 0.25) is 0 Å². The van der Waals surface area contributed by atoms with Crippen LogP contribution < -0.4 is 16.2 Å². The number of carbonyl (C=O) groups excluding carboxylic acids is 5. The number of urea groups is 2. The highest BCUT2D eigenvalue weighted by Gasteiger charge is 2.46. The number of anilines is 1. The number of aromatic hydroxyl groups is 1. The predicted octanol–water partition coefficient (Wildman–Crippen LogP) is -0.788. The van der Waals surface area contributed by atoms with E-state index >= 15 is 0 Å². The van der Waals surface area contributed by atoms with E-state index in [9.17, 15) is 29.1 Å². The molecule has 2 rings (SSSR count). The molecule has 1 fully saturated rings. The first-order valence-corrected chi connectivity index (χ1v) is 6.97. The Morgan fingerprint density at radius 2 is 1.64 bits per heavy atom. The van der Waals surface area contributed by atoms with Crippen molar-refractivity contribution in [1.29, 1.82) is 0 Å². The number of barbiturate groups is 1. The highest BCUT2D eigenvalue weighted by atomic mass is 16.3. The minimum atomic E-state index is -1.78. The van der Waals surface area contributed by atoms with E-state index in [1.165, 1.54) is 24.3 Å². The number of imide groups is 2. The second-order valence-electron chi connectivity index (χ2n) is 5.13. The minimum Gasteiger partial charge on any atom is -0.508 e. The summed E-state index contributed by atoms with van der Waals surface area (Å²) in [4.78, 5) is 60.5. The molecule has 0 radical (unpaired) electrons. The maximum Gasteiger partial charge on any atom is 0.337 e. The maximum absolute atomic E-state index is 12.0. The third-order valence-corrected chi connectivity index (χ3v) is 3.39. The second-order valence-corrected chi connectivity index (χ2v) is 5.13. The number of nitrogens with one attached hydrogen (secondary N) is 3. The van der Waals surface area contributed by atoms with Gasteiger partial charge in [0.25, 0.3) is 17.7 Å². The molecule has 0 aliphatic carbocycles. The molecular weight excluding hydrogens is 334 g/mol. The van der Waals surface area contributed by atoms with Crippen LogP contribution in [0.2, 0.25) is 0 Å². The Balaban J connectivity index is 1.97. The zero-order valence-corrected chi connectivity index (χ0v) is 13.3. The van der Waals surface area contributed by atoms with Gasteiger partial charge in [0, 0.05) is 25.8 Å². The molecule has 11 nitrogen and oxygen atoms in total. The van der Waals surface area contributed by atoms with Gasteiger partial charge in [-0.15, -0.1) is 0 Å². The van der Waals surface area contributed by atoms with Crippen molar-refractivity contribution in [3.63, 3.8) is 0 Å². The average molecular weight is 349 g/mol. The second kappa shape index (κ2) is 6.86. The van der Waals surface area contributed by atoms with Crippen LogP contribution in [-0.4, -0.2) is 58.8 Å². The lowest BCUT2D eigenvalue weighted by molar-refractivity contribution is -0.152. The molecule has 0 saturated carbocycles. The largest absolute Gasteiger partial charge is 0.508 e. The molecule has 1 saturated heterocycles. The summed E-state index contributed by atoms with van der Waals surface area (Å²) in [5, 5.41) is 11.6. The number of rotatable bonds is 2. The molecule has 7 amide bonds. The SMILES string of the molecule is CN1C(=O)C(C(=O)NNC(=O)Nc2cccc(O)c2)C(=O)N(C)C1=O. The summed E-state index contributed by atoms with van der Waals surface area (Å²) < 4.78 is 0. The summed E-state index contributed by atoms with van der Waals surface area (Å²) in [6, 6.07) is 3.93. The van der Waals surface area contributed by atoms with Gasteiger partial charge >= 0.3 is 12.1 Å². The lowest BCUT2D eigenvalue weighted by Crippen LogP contribution is -2.62. The van der Waals surface area contributed by atoms with Crippen molar-refractivity contribution in [3.05, 3.63) is 24.3 Å². The van der Waals surface area contributed by atoms with Crippen LogP contribution in [0.4, 0.5) is 15.3 Å². The lowest BCUT2D eigenvalue weighted by Gasteiger charge is -2.31.